The van der Waals surface area contributed by atoms with Crippen LogP contribution in [-0.4, -0.2) is 50.9 Å². The number of fused-ring (bicyclic) bond motifs is 2. The van der Waals surface area contributed by atoms with Crippen LogP contribution in [0.2, 0.25) is 0 Å². The number of amides is 1. The summed E-state index contributed by atoms with van der Waals surface area (Å²) in [6, 6.07) is 0.113. The van der Waals surface area contributed by atoms with Crippen LogP contribution in [0.1, 0.15) is 62.7 Å². The van der Waals surface area contributed by atoms with Gasteiger partial charge in [-0.25, -0.2) is 9.48 Å². The normalized spacial score (nSPS) is 33.3. The molecule has 130 valence electrons. The smallest absolute Gasteiger partial charge is 0.343 e. The highest BCUT2D eigenvalue weighted by Gasteiger charge is 2.46. The number of hydrogen-bond acceptors (Lipinski definition) is 4. The number of piperidine rings is 1. The second-order valence-corrected chi connectivity index (χ2v) is 7.81. The first-order valence-electron chi connectivity index (χ1n) is 9.32. The number of aromatic amines is 1. The van der Waals surface area contributed by atoms with Crippen molar-refractivity contribution in [3.8, 4) is 0 Å². The number of hydrogen-bond donors (Lipinski definition) is 1. The first-order valence-corrected chi connectivity index (χ1v) is 9.32. The first-order chi connectivity index (χ1) is 11.7. The molecule has 1 aromatic heterocycles. The molecule has 7 nitrogen and oxygen atoms in total. The van der Waals surface area contributed by atoms with Gasteiger partial charge in [0.2, 0.25) is 5.91 Å². The highest BCUT2D eigenvalue weighted by molar-refractivity contribution is 5.80. The predicted octanol–water partition coefficient (Wildman–Crippen LogP) is 1.18. The average Bonchev–Trinajstić information content (AvgIpc) is 3.05. The largest absolute Gasteiger partial charge is 0.374 e. The zero-order chi connectivity index (χ0) is 16.3. The molecule has 4 aliphatic rings. The van der Waals surface area contributed by atoms with Crippen molar-refractivity contribution in [2.75, 3.05) is 13.1 Å². The topological polar surface area (TPSA) is 80.2 Å². The van der Waals surface area contributed by atoms with Crippen LogP contribution in [-0.2, 0) is 9.53 Å². The van der Waals surface area contributed by atoms with E-state index in [4.69, 9.17) is 4.74 Å². The summed E-state index contributed by atoms with van der Waals surface area (Å²) in [6.45, 7) is 1.44. The van der Waals surface area contributed by atoms with Crippen molar-refractivity contribution in [3.63, 3.8) is 0 Å². The van der Waals surface area contributed by atoms with Gasteiger partial charge in [0.15, 0.2) is 0 Å². The Bertz CT molecular complexity index is 699. The van der Waals surface area contributed by atoms with Crippen LogP contribution in [0.15, 0.2) is 4.79 Å². The number of H-pyrrole nitrogens is 1. The summed E-state index contributed by atoms with van der Waals surface area (Å²) in [6.07, 6.45) is 7.38. The molecule has 5 rings (SSSR count). The van der Waals surface area contributed by atoms with Crippen LogP contribution in [0, 0.1) is 5.92 Å². The Morgan fingerprint density at radius 2 is 1.92 bits per heavy atom. The number of nitrogens with one attached hydrogen (secondary N) is 1. The fraction of sp³-hybridized carbons (Fsp3) is 0.824. The molecule has 1 aromatic rings. The number of carbonyl (C=O) groups excluding carboxylic acids is 1. The Morgan fingerprint density at radius 1 is 1.12 bits per heavy atom. The lowest BCUT2D eigenvalue weighted by molar-refractivity contribution is -0.138. The molecule has 1 N–H and O–H groups in total. The second kappa shape index (κ2) is 5.44. The lowest BCUT2D eigenvalue weighted by atomic mass is 9.87. The number of aromatic nitrogens is 3. The highest BCUT2D eigenvalue weighted by Crippen LogP contribution is 2.40. The van der Waals surface area contributed by atoms with E-state index in [2.05, 4.69) is 10.1 Å². The van der Waals surface area contributed by atoms with Crippen molar-refractivity contribution in [2.45, 2.75) is 69.1 Å². The fourth-order valence-electron chi connectivity index (χ4n) is 4.60. The van der Waals surface area contributed by atoms with Gasteiger partial charge in [-0.05, 0) is 44.9 Å². The molecule has 0 spiro atoms. The van der Waals surface area contributed by atoms with Gasteiger partial charge in [-0.2, -0.15) is 5.10 Å². The Kier molecular flexibility index (Phi) is 3.33. The van der Waals surface area contributed by atoms with E-state index in [1.165, 1.54) is 0 Å². The second-order valence-electron chi connectivity index (χ2n) is 7.81. The molecular formula is C17H24N4O3. The van der Waals surface area contributed by atoms with Crippen molar-refractivity contribution in [2.24, 2.45) is 5.92 Å². The molecule has 0 aromatic carbocycles. The van der Waals surface area contributed by atoms with Gasteiger partial charge in [-0.3, -0.25) is 9.78 Å². The standard InChI is InChI=1S/C17H24N4O3/c22-16(13-9-12-3-4-14(13)24-12)20-7-5-11(6-8-20)21-17(23)18-15(19-21)10-1-2-10/h10-14H,1-9H2,(H,18,19,23)/t12-,13-,14+/m1/s1. The zero-order valence-electron chi connectivity index (χ0n) is 13.8. The molecule has 3 saturated heterocycles. The van der Waals surface area contributed by atoms with Crippen molar-refractivity contribution in [1.82, 2.24) is 19.7 Å². The maximum Gasteiger partial charge on any atom is 0.343 e. The van der Waals surface area contributed by atoms with Crippen LogP contribution in [0.4, 0.5) is 0 Å². The quantitative estimate of drug-likeness (QED) is 0.901. The van der Waals surface area contributed by atoms with Gasteiger partial charge >= 0.3 is 5.69 Å². The fourth-order valence-corrected chi connectivity index (χ4v) is 4.60. The molecule has 7 heteroatoms. The van der Waals surface area contributed by atoms with E-state index < -0.39 is 0 Å². The van der Waals surface area contributed by atoms with Gasteiger partial charge in [0.05, 0.1) is 24.2 Å². The van der Waals surface area contributed by atoms with E-state index in [9.17, 15) is 9.59 Å². The van der Waals surface area contributed by atoms with Crippen LogP contribution in [0.5, 0.6) is 0 Å². The maximum absolute atomic E-state index is 12.8. The SMILES string of the molecule is O=C([C@@H]1C[C@H]2CC[C@@H]1O2)N1CCC(n2nc(C3CC3)[nH]c2=O)CC1. The summed E-state index contributed by atoms with van der Waals surface area (Å²) < 4.78 is 7.45. The Balaban J connectivity index is 1.23. The molecule has 1 aliphatic carbocycles. The summed E-state index contributed by atoms with van der Waals surface area (Å²) >= 11 is 0. The molecule has 0 radical (unpaired) electrons. The molecule has 3 aliphatic heterocycles. The van der Waals surface area contributed by atoms with E-state index in [-0.39, 0.29) is 29.7 Å². The third-order valence-electron chi connectivity index (χ3n) is 6.17. The molecule has 1 saturated carbocycles. The van der Waals surface area contributed by atoms with E-state index in [0.29, 0.717) is 12.0 Å². The third kappa shape index (κ3) is 2.41. The lowest BCUT2D eigenvalue weighted by Gasteiger charge is -2.34. The minimum atomic E-state index is -0.0943. The van der Waals surface area contributed by atoms with Crippen LogP contribution in [0.25, 0.3) is 0 Å². The Morgan fingerprint density at radius 3 is 2.54 bits per heavy atom. The van der Waals surface area contributed by atoms with Crippen LogP contribution >= 0.6 is 0 Å². The van der Waals surface area contributed by atoms with Crippen molar-refractivity contribution < 1.29 is 9.53 Å². The van der Waals surface area contributed by atoms with Gasteiger partial charge in [0.25, 0.3) is 0 Å². The Hall–Kier alpha value is -1.63. The lowest BCUT2D eigenvalue weighted by Crippen LogP contribution is -2.45. The molecule has 0 unspecified atom stereocenters. The first kappa shape index (κ1) is 14.7. The number of rotatable bonds is 3. The average molecular weight is 332 g/mol. The van der Waals surface area contributed by atoms with Gasteiger partial charge in [0, 0.05) is 19.0 Å². The van der Waals surface area contributed by atoms with Gasteiger partial charge in [0.1, 0.15) is 5.82 Å². The van der Waals surface area contributed by atoms with Gasteiger partial charge < -0.3 is 9.64 Å². The van der Waals surface area contributed by atoms with Gasteiger partial charge in [-0.15, -0.1) is 0 Å². The number of nitrogens with zero attached hydrogens (tertiary/aromatic N) is 3. The molecule has 2 bridgehead atoms. The molecule has 4 heterocycles. The summed E-state index contributed by atoms with van der Waals surface area (Å²) in [5.74, 6) is 1.62. The van der Waals surface area contributed by atoms with E-state index in [1.807, 2.05) is 4.90 Å². The molecule has 4 fully saturated rings. The van der Waals surface area contributed by atoms with Crippen molar-refractivity contribution in [3.05, 3.63) is 16.3 Å². The summed E-state index contributed by atoms with van der Waals surface area (Å²) in [4.78, 5) is 29.8. The minimum Gasteiger partial charge on any atom is -0.374 e. The van der Waals surface area contributed by atoms with Crippen LogP contribution < -0.4 is 5.69 Å². The third-order valence-corrected chi connectivity index (χ3v) is 6.17. The zero-order valence-corrected chi connectivity index (χ0v) is 13.8. The summed E-state index contributed by atoms with van der Waals surface area (Å²) in [5, 5.41) is 4.50. The van der Waals surface area contributed by atoms with Crippen LogP contribution in [0.3, 0.4) is 0 Å². The summed E-state index contributed by atoms with van der Waals surface area (Å²) in [5.41, 5.74) is -0.0943. The molecule has 1 amide bonds. The number of carbonyl (C=O) groups is 1. The molecule has 3 atom stereocenters. The molecule has 24 heavy (non-hydrogen) atoms. The highest BCUT2D eigenvalue weighted by atomic mass is 16.5. The number of ether oxygens (including phenoxy) is 1. The van der Waals surface area contributed by atoms with Crippen molar-refractivity contribution >= 4 is 5.91 Å². The maximum atomic E-state index is 12.8. The Labute approximate surface area is 140 Å². The van der Waals surface area contributed by atoms with Crippen molar-refractivity contribution in [1.29, 1.82) is 0 Å². The molecular weight excluding hydrogens is 308 g/mol. The van der Waals surface area contributed by atoms with Gasteiger partial charge in [-0.1, -0.05) is 0 Å². The number of likely N-dealkylation sites (tertiary alicyclic amines) is 1. The predicted molar refractivity (Wildman–Crippen MR) is 85.7 cm³/mol. The monoisotopic (exact) mass is 332 g/mol. The summed E-state index contributed by atoms with van der Waals surface area (Å²) in [7, 11) is 0. The van der Waals surface area contributed by atoms with E-state index in [1.54, 1.807) is 4.68 Å². The van der Waals surface area contributed by atoms with E-state index >= 15 is 0 Å². The minimum absolute atomic E-state index is 0.0647. The van der Waals surface area contributed by atoms with E-state index in [0.717, 1.165) is 63.9 Å².